The summed E-state index contributed by atoms with van der Waals surface area (Å²) in [6.07, 6.45) is 2.79. The Balaban J connectivity index is 0.000000845. The molecule has 3 nitrogen and oxygen atoms in total. The highest BCUT2D eigenvalue weighted by Crippen LogP contribution is 2.28. The maximum atomic E-state index is 9.10. The van der Waals surface area contributed by atoms with Gasteiger partial charge < -0.3 is 15.2 Å². The number of rotatable bonds is 2. The first kappa shape index (κ1) is 11.2. The zero-order chi connectivity index (χ0) is 8.39. The van der Waals surface area contributed by atoms with Gasteiger partial charge in [0.2, 0.25) is 0 Å². The molecule has 0 aromatic heterocycles. The van der Waals surface area contributed by atoms with E-state index < -0.39 is 0 Å². The van der Waals surface area contributed by atoms with Crippen LogP contribution in [-0.2, 0) is 4.74 Å². The second kappa shape index (κ2) is 5.15. The molecule has 0 bridgehead atoms. The zero-order valence-corrected chi connectivity index (χ0v) is 8.55. The summed E-state index contributed by atoms with van der Waals surface area (Å²) in [5.41, 5.74) is 0. The number of ether oxygens (including phenoxy) is 1. The summed E-state index contributed by atoms with van der Waals surface area (Å²) >= 11 is 0. The van der Waals surface area contributed by atoms with Gasteiger partial charge in [0, 0.05) is 38.1 Å². The molecule has 2 heterocycles. The Morgan fingerprint density at radius 1 is 1.38 bits per heavy atom. The second-order valence-corrected chi connectivity index (χ2v) is 3.82. The normalized spacial score (nSPS) is 39.0. The Kier molecular flexibility index (Phi) is 4.46. The SMILES string of the molecule is Cl.OCC1CNCC1C1CCCO1. The van der Waals surface area contributed by atoms with Crippen molar-refractivity contribution in [3.63, 3.8) is 0 Å². The molecule has 0 spiro atoms. The smallest absolute Gasteiger partial charge is 0.0620 e. The lowest BCUT2D eigenvalue weighted by molar-refractivity contribution is 0.0415. The van der Waals surface area contributed by atoms with Gasteiger partial charge >= 0.3 is 0 Å². The molecule has 2 aliphatic rings. The van der Waals surface area contributed by atoms with Gasteiger partial charge in [-0.15, -0.1) is 12.4 Å². The van der Waals surface area contributed by atoms with E-state index in [4.69, 9.17) is 9.84 Å². The van der Waals surface area contributed by atoms with Crippen molar-refractivity contribution in [1.29, 1.82) is 0 Å². The first-order valence-electron chi connectivity index (χ1n) is 4.85. The van der Waals surface area contributed by atoms with Crippen molar-refractivity contribution in [2.75, 3.05) is 26.3 Å². The fourth-order valence-electron chi connectivity index (χ4n) is 2.33. The maximum absolute atomic E-state index is 9.10. The largest absolute Gasteiger partial charge is 0.396 e. The van der Waals surface area contributed by atoms with Gasteiger partial charge in [-0.2, -0.15) is 0 Å². The predicted molar refractivity (Wildman–Crippen MR) is 53.2 cm³/mol. The minimum Gasteiger partial charge on any atom is -0.396 e. The molecule has 0 aliphatic carbocycles. The number of halogens is 1. The third kappa shape index (κ3) is 2.34. The summed E-state index contributed by atoms with van der Waals surface area (Å²) in [4.78, 5) is 0. The van der Waals surface area contributed by atoms with Crippen LogP contribution in [0.1, 0.15) is 12.8 Å². The van der Waals surface area contributed by atoms with Gasteiger partial charge in [-0.1, -0.05) is 0 Å². The minimum absolute atomic E-state index is 0. The van der Waals surface area contributed by atoms with E-state index in [0.29, 0.717) is 24.5 Å². The molecule has 4 heteroatoms. The summed E-state index contributed by atoms with van der Waals surface area (Å²) in [5, 5.41) is 12.4. The van der Waals surface area contributed by atoms with E-state index in [1.165, 1.54) is 12.8 Å². The molecule has 0 aromatic rings. The van der Waals surface area contributed by atoms with Gasteiger partial charge in [0.25, 0.3) is 0 Å². The fraction of sp³-hybridized carbons (Fsp3) is 1.00. The molecule has 3 unspecified atom stereocenters. The summed E-state index contributed by atoms with van der Waals surface area (Å²) in [5.74, 6) is 0.977. The van der Waals surface area contributed by atoms with Crippen molar-refractivity contribution in [2.45, 2.75) is 18.9 Å². The Hall–Kier alpha value is 0.170. The second-order valence-electron chi connectivity index (χ2n) is 3.82. The van der Waals surface area contributed by atoms with Crippen LogP contribution in [0, 0.1) is 11.8 Å². The van der Waals surface area contributed by atoms with Crippen LogP contribution in [-0.4, -0.2) is 37.5 Å². The average Bonchev–Trinajstić information content (AvgIpc) is 2.74. The van der Waals surface area contributed by atoms with Gasteiger partial charge in [0.1, 0.15) is 0 Å². The van der Waals surface area contributed by atoms with Gasteiger partial charge in [-0.25, -0.2) is 0 Å². The van der Waals surface area contributed by atoms with Crippen molar-refractivity contribution in [1.82, 2.24) is 5.32 Å². The molecule has 0 radical (unpaired) electrons. The third-order valence-corrected chi connectivity index (χ3v) is 3.07. The standard InChI is InChI=1S/C9H17NO2.ClH/c11-6-7-4-10-5-8(7)9-2-1-3-12-9;/h7-11H,1-6H2;1H. The van der Waals surface area contributed by atoms with Crippen molar-refractivity contribution in [2.24, 2.45) is 11.8 Å². The predicted octanol–water partition coefficient (Wildman–Crippen LogP) is 0.415. The topological polar surface area (TPSA) is 41.5 Å². The molecule has 2 fully saturated rings. The third-order valence-electron chi connectivity index (χ3n) is 3.07. The van der Waals surface area contributed by atoms with E-state index >= 15 is 0 Å². The first-order chi connectivity index (χ1) is 5.92. The molecule has 78 valence electrons. The van der Waals surface area contributed by atoms with Crippen LogP contribution in [0.3, 0.4) is 0 Å². The molecular formula is C9H18ClNO2. The minimum atomic E-state index is 0. The molecule has 13 heavy (non-hydrogen) atoms. The number of aliphatic hydroxyl groups is 1. The number of hydrogen-bond acceptors (Lipinski definition) is 3. The summed E-state index contributed by atoms with van der Waals surface area (Å²) < 4.78 is 5.62. The van der Waals surface area contributed by atoms with Crippen LogP contribution in [0.25, 0.3) is 0 Å². The zero-order valence-electron chi connectivity index (χ0n) is 7.74. The van der Waals surface area contributed by atoms with Crippen LogP contribution < -0.4 is 5.32 Å². The lowest BCUT2D eigenvalue weighted by atomic mass is 9.90. The van der Waals surface area contributed by atoms with Gasteiger partial charge in [0.05, 0.1) is 6.10 Å². The summed E-state index contributed by atoms with van der Waals surface area (Å²) in [7, 11) is 0. The average molecular weight is 208 g/mol. The molecule has 2 N–H and O–H groups in total. The van der Waals surface area contributed by atoms with E-state index in [1.807, 2.05) is 0 Å². The van der Waals surface area contributed by atoms with Gasteiger partial charge in [-0.05, 0) is 12.8 Å². The van der Waals surface area contributed by atoms with Crippen LogP contribution in [0.5, 0.6) is 0 Å². The highest BCUT2D eigenvalue weighted by atomic mass is 35.5. The molecule has 0 amide bonds. The highest BCUT2D eigenvalue weighted by Gasteiger charge is 2.35. The Bertz CT molecular complexity index is 151. The van der Waals surface area contributed by atoms with Gasteiger partial charge in [0.15, 0.2) is 0 Å². The van der Waals surface area contributed by atoms with Gasteiger partial charge in [-0.3, -0.25) is 0 Å². The molecule has 0 aromatic carbocycles. The summed E-state index contributed by atoms with van der Waals surface area (Å²) in [6.45, 7) is 3.20. The molecule has 2 aliphatic heterocycles. The van der Waals surface area contributed by atoms with E-state index in [1.54, 1.807) is 0 Å². The molecule has 2 rings (SSSR count). The van der Waals surface area contributed by atoms with Crippen LogP contribution in [0.2, 0.25) is 0 Å². The van der Waals surface area contributed by atoms with Crippen molar-refractivity contribution in [3.8, 4) is 0 Å². The first-order valence-corrected chi connectivity index (χ1v) is 4.85. The lowest BCUT2D eigenvalue weighted by Crippen LogP contribution is -2.28. The lowest BCUT2D eigenvalue weighted by Gasteiger charge is -2.22. The van der Waals surface area contributed by atoms with Crippen molar-refractivity contribution in [3.05, 3.63) is 0 Å². The van der Waals surface area contributed by atoms with Crippen molar-refractivity contribution < 1.29 is 9.84 Å². The van der Waals surface area contributed by atoms with Crippen molar-refractivity contribution >= 4 is 12.4 Å². The molecule has 2 saturated heterocycles. The Morgan fingerprint density at radius 2 is 2.23 bits per heavy atom. The summed E-state index contributed by atoms with van der Waals surface area (Å²) in [6, 6.07) is 0. The van der Waals surface area contributed by atoms with E-state index in [2.05, 4.69) is 5.32 Å². The molecule has 3 atom stereocenters. The number of hydrogen-bond donors (Lipinski definition) is 2. The highest BCUT2D eigenvalue weighted by molar-refractivity contribution is 5.85. The van der Waals surface area contributed by atoms with Crippen LogP contribution in [0.4, 0.5) is 0 Å². The van der Waals surface area contributed by atoms with E-state index in [9.17, 15) is 0 Å². The number of aliphatic hydroxyl groups excluding tert-OH is 1. The van der Waals surface area contributed by atoms with E-state index in [-0.39, 0.29) is 12.4 Å². The Morgan fingerprint density at radius 3 is 2.85 bits per heavy atom. The Labute approximate surface area is 85.3 Å². The monoisotopic (exact) mass is 207 g/mol. The quantitative estimate of drug-likeness (QED) is 0.690. The van der Waals surface area contributed by atoms with Crippen LogP contribution in [0.15, 0.2) is 0 Å². The fourth-order valence-corrected chi connectivity index (χ4v) is 2.33. The molecular weight excluding hydrogens is 190 g/mol. The van der Waals surface area contributed by atoms with Crippen LogP contribution >= 0.6 is 12.4 Å². The number of nitrogens with one attached hydrogen (secondary N) is 1. The maximum Gasteiger partial charge on any atom is 0.0620 e. The van der Waals surface area contributed by atoms with E-state index in [0.717, 1.165) is 19.7 Å². The molecule has 0 saturated carbocycles.